The van der Waals surface area contributed by atoms with Crippen molar-refractivity contribution < 1.29 is 29.3 Å². The second-order valence-electron chi connectivity index (χ2n) is 10.3. The molecule has 35 heavy (non-hydrogen) atoms. The number of carbonyl (C=O) groups is 1. The molecule has 0 bridgehead atoms. The SMILES string of the molecule is CCOC(=O)[C@H](O)[C@@H](O)c1cc2c(cc1OC)CCn1c-2cc2c1CON(C(C)(C)C)CCCC2. The lowest BCUT2D eigenvalue weighted by Gasteiger charge is -2.34. The number of ether oxygens (including phenoxy) is 2. The monoisotopic (exact) mass is 486 g/mol. The summed E-state index contributed by atoms with van der Waals surface area (Å²) < 4.78 is 12.7. The van der Waals surface area contributed by atoms with Crippen molar-refractivity contribution in [2.24, 2.45) is 0 Å². The smallest absolute Gasteiger partial charge is 0.338 e. The Labute approximate surface area is 207 Å². The topological polar surface area (TPSA) is 93.4 Å². The first kappa shape index (κ1) is 25.7. The van der Waals surface area contributed by atoms with Gasteiger partial charge in [0.15, 0.2) is 6.10 Å². The molecule has 1 aromatic carbocycles. The predicted octanol–water partition coefficient (Wildman–Crippen LogP) is 3.55. The van der Waals surface area contributed by atoms with Gasteiger partial charge in [-0.05, 0) is 82.7 Å². The third kappa shape index (κ3) is 5.11. The highest BCUT2D eigenvalue weighted by molar-refractivity contribution is 5.76. The third-order valence-corrected chi connectivity index (χ3v) is 6.94. The van der Waals surface area contributed by atoms with Gasteiger partial charge in [0.25, 0.3) is 0 Å². The second-order valence-corrected chi connectivity index (χ2v) is 10.3. The van der Waals surface area contributed by atoms with Gasteiger partial charge in [0.05, 0.1) is 13.7 Å². The van der Waals surface area contributed by atoms with Crippen LogP contribution in [-0.2, 0) is 40.4 Å². The Kier molecular flexibility index (Phi) is 7.57. The molecule has 8 heteroatoms. The number of benzene rings is 1. The van der Waals surface area contributed by atoms with Crippen LogP contribution >= 0.6 is 0 Å². The van der Waals surface area contributed by atoms with Gasteiger partial charge in [-0.25, -0.2) is 4.79 Å². The summed E-state index contributed by atoms with van der Waals surface area (Å²) in [6.45, 7) is 10.5. The maximum Gasteiger partial charge on any atom is 0.338 e. The van der Waals surface area contributed by atoms with E-state index in [1.165, 1.54) is 18.4 Å². The molecule has 192 valence electrons. The number of aliphatic hydroxyl groups excluding tert-OH is 2. The maximum absolute atomic E-state index is 12.1. The molecule has 2 atom stereocenters. The van der Waals surface area contributed by atoms with Crippen molar-refractivity contribution in [2.45, 2.75) is 84.3 Å². The molecule has 0 radical (unpaired) electrons. The molecular weight excluding hydrogens is 448 g/mol. The summed E-state index contributed by atoms with van der Waals surface area (Å²) in [5, 5.41) is 23.3. The van der Waals surface area contributed by atoms with E-state index in [1.54, 1.807) is 6.92 Å². The van der Waals surface area contributed by atoms with E-state index < -0.39 is 18.2 Å². The highest BCUT2D eigenvalue weighted by Gasteiger charge is 2.32. The molecule has 8 nitrogen and oxygen atoms in total. The first-order chi connectivity index (χ1) is 16.7. The first-order valence-corrected chi connectivity index (χ1v) is 12.5. The van der Waals surface area contributed by atoms with E-state index in [-0.39, 0.29) is 12.1 Å². The number of fused-ring (bicyclic) bond motifs is 5. The van der Waals surface area contributed by atoms with Crippen LogP contribution in [0, 0.1) is 0 Å². The largest absolute Gasteiger partial charge is 0.496 e. The zero-order chi connectivity index (χ0) is 25.3. The van der Waals surface area contributed by atoms with E-state index in [0.717, 1.165) is 55.6 Å². The van der Waals surface area contributed by atoms with Crippen molar-refractivity contribution in [1.29, 1.82) is 0 Å². The third-order valence-electron chi connectivity index (χ3n) is 6.94. The average Bonchev–Trinajstić information content (AvgIpc) is 3.22. The Bertz CT molecular complexity index is 1070. The normalized spacial score (nSPS) is 18.3. The van der Waals surface area contributed by atoms with Crippen LogP contribution in [0.3, 0.4) is 0 Å². The number of aryl methyl sites for hydroxylation is 2. The van der Waals surface area contributed by atoms with Crippen LogP contribution in [0.15, 0.2) is 18.2 Å². The lowest BCUT2D eigenvalue weighted by molar-refractivity contribution is -0.220. The zero-order valence-electron chi connectivity index (χ0n) is 21.5. The van der Waals surface area contributed by atoms with E-state index in [4.69, 9.17) is 14.3 Å². The van der Waals surface area contributed by atoms with Crippen molar-refractivity contribution in [1.82, 2.24) is 9.63 Å². The molecule has 2 N–H and O–H groups in total. The van der Waals surface area contributed by atoms with Crippen molar-refractivity contribution in [3.05, 3.63) is 40.6 Å². The molecule has 1 aromatic heterocycles. The molecular formula is C27H38N2O6. The minimum atomic E-state index is -1.70. The van der Waals surface area contributed by atoms with E-state index in [2.05, 4.69) is 36.5 Å². The van der Waals surface area contributed by atoms with Crippen LogP contribution in [0.25, 0.3) is 11.3 Å². The Morgan fingerprint density at radius 2 is 1.89 bits per heavy atom. The quantitative estimate of drug-likeness (QED) is 0.625. The van der Waals surface area contributed by atoms with Crippen LogP contribution in [-0.4, -0.2) is 57.7 Å². The number of rotatable bonds is 5. The lowest BCUT2D eigenvalue weighted by Crippen LogP contribution is -2.41. The molecule has 2 aliphatic heterocycles. The zero-order valence-corrected chi connectivity index (χ0v) is 21.5. The fourth-order valence-electron chi connectivity index (χ4n) is 5.06. The number of hydroxylamine groups is 2. The van der Waals surface area contributed by atoms with Crippen molar-refractivity contribution in [3.63, 3.8) is 0 Å². The van der Waals surface area contributed by atoms with Crippen LogP contribution in [0.1, 0.15) is 69.0 Å². The second kappa shape index (κ2) is 10.3. The summed E-state index contributed by atoms with van der Waals surface area (Å²) >= 11 is 0. The summed E-state index contributed by atoms with van der Waals surface area (Å²) in [5.41, 5.74) is 5.90. The number of hydrogen-bond donors (Lipinski definition) is 2. The number of esters is 1. The van der Waals surface area contributed by atoms with E-state index in [1.807, 2.05) is 12.1 Å². The fourth-order valence-corrected chi connectivity index (χ4v) is 5.06. The molecule has 0 spiro atoms. The maximum atomic E-state index is 12.1. The molecule has 0 amide bonds. The molecule has 3 heterocycles. The number of aliphatic hydroxyl groups is 2. The van der Waals surface area contributed by atoms with Gasteiger partial charge < -0.3 is 24.3 Å². The van der Waals surface area contributed by atoms with Crippen LogP contribution in [0.5, 0.6) is 5.75 Å². The Morgan fingerprint density at radius 1 is 1.11 bits per heavy atom. The van der Waals surface area contributed by atoms with Crippen molar-refractivity contribution in [3.8, 4) is 17.0 Å². The Hall–Kier alpha value is -2.39. The lowest BCUT2D eigenvalue weighted by atomic mass is 9.92. The van der Waals surface area contributed by atoms with Gasteiger partial charge in [0.1, 0.15) is 18.5 Å². The van der Waals surface area contributed by atoms with E-state index >= 15 is 0 Å². The van der Waals surface area contributed by atoms with Gasteiger partial charge in [-0.15, -0.1) is 0 Å². The predicted molar refractivity (Wildman–Crippen MR) is 132 cm³/mol. The van der Waals surface area contributed by atoms with Gasteiger partial charge in [-0.3, -0.25) is 4.84 Å². The van der Waals surface area contributed by atoms with E-state index in [0.29, 0.717) is 17.9 Å². The first-order valence-electron chi connectivity index (χ1n) is 12.5. The van der Waals surface area contributed by atoms with Gasteiger partial charge in [-0.1, -0.05) is 0 Å². The summed E-state index contributed by atoms with van der Waals surface area (Å²) in [4.78, 5) is 18.4. The minimum absolute atomic E-state index is 0.0736. The number of aromatic nitrogens is 1. The highest BCUT2D eigenvalue weighted by atomic mass is 16.7. The summed E-state index contributed by atoms with van der Waals surface area (Å²) in [6.07, 6.45) is 0.773. The van der Waals surface area contributed by atoms with Crippen LogP contribution in [0.4, 0.5) is 0 Å². The van der Waals surface area contributed by atoms with Gasteiger partial charge in [0, 0.05) is 41.1 Å². The standard InChI is InChI=1S/C27H38N2O6/c1-6-34-26(32)25(31)24(30)20-15-19-17(14-23(20)33-5)10-12-28-21(19)13-18-9-7-8-11-29(27(2,3)4)35-16-22(18)28/h13-15,24-25,30-31H,6-12,16H2,1-5H3/t24-,25+/m0/s1. The molecule has 2 aliphatic rings. The van der Waals surface area contributed by atoms with E-state index in [9.17, 15) is 15.0 Å². The summed E-state index contributed by atoms with van der Waals surface area (Å²) in [5.74, 6) is -0.415. The number of nitrogens with zero attached hydrogens (tertiary/aromatic N) is 2. The molecule has 0 aliphatic carbocycles. The Morgan fingerprint density at radius 3 is 2.57 bits per heavy atom. The fraction of sp³-hybridized carbons (Fsp3) is 0.593. The molecule has 0 fully saturated rings. The molecule has 0 saturated carbocycles. The number of carbonyl (C=O) groups excluding carboxylic acids is 1. The van der Waals surface area contributed by atoms with Crippen molar-refractivity contribution >= 4 is 5.97 Å². The summed E-state index contributed by atoms with van der Waals surface area (Å²) in [7, 11) is 1.52. The van der Waals surface area contributed by atoms with Crippen LogP contribution < -0.4 is 4.74 Å². The molecule has 2 aromatic rings. The number of methoxy groups -OCH3 is 1. The molecule has 4 rings (SSSR count). The summed E-state index contributed by atoms with van der Waals surface area (Å²) in [6, 6.07) is 5.98. The van der Waals surface area contributed by atoms with Gasteiger partial charge in [0.2, 0.25) is 0 Å². The molecule has 0 saturated heterocycles. The molecule has 0 unspecified atom stereocenters. The highest BCUT2D eigenvalue weighted by Crippen LogP contribution is 2.40. The van der Waals surface area contributed by atoms with Crippen molar-refractivity contribution in [2.75, 3.05) is 20.3 Å². The Balaban J connectivity index is 1.72. The van der Waals surface area contributed by atoms with Crippen LogP contribution in [0.2, 0.25) is 0 Å². The minimum Gasteiger partial charge on any atom is -0.496 e. The van der Waals surface area contributed by atoms with Gasteiger partial charge in [-0.2, -0.15) is 5.06 Å². The van der Waals surface area contributed by atoms with Gasteiger partial charge >= 0.3 is 5.97 Å². The number of hydrogen-bond acceptors (Lipinski definition) is 7. The average molecular weight is 487 g/mol.